The van der Waals surface area contributed by atoms with Gasteiger partial charge in [-0.15, -0.1) is 0 Å². The molecule has 0 saturated carbocycles. The Kier molecular flexibility index (Phi) is 3.64. The van der Waals surface area contributed by atoms with E-state index in [2.05, 4.69) is 16.9 Å². The lowest BCUT2D eigenvalue weighted by Crippen LogP contribution is -2.51. The topological polar surface area (TPSA) is 33.2 Å². The Morgan fingerprint density at radius 1 is 1.26 bits per heavy atom. The zero-order valence-electron chi connectivity index (χ0n) is 13.3. The Balaban J connectivity index is 1.65. The highest BCUT2D eigenvalue weighted by atomic mass is 19.1. The van der Waals surface area contributed by atoms with Gasteiger partial charge in [0.25, 0.3) is 0 Å². The smallest absolute Gasteiger partial charge is 0.169 e. The molecule has 2 unspecified atom stereocenters. The van der Waals surface area contributed by atoms with Crippen LogP contribution in [0.5, 0.6) is 0 Å². The summed E-state index contributed by atoms with van der Waals surface area (Å²) in [6.45, 7) is 0. The van der Waals surface area contributed by atoms with E-state index in [1.807, 2.05) is 12.1 Å². The summed E-state index contributed by atoms with van der Waals surface area (Å²) < 4.78 is 14.4. The van der Waals surface area contributed by atoms with Crippen LogP contribution in [0.3, 0.4) is 0 Å². The van der Waals surface area contributed by atoms with Gasteiger partial charge < -0.3 is 4.90 Å². The van der Waals surface area contributed by atoms with Crippen LogP contribution in [0.2, 0.25) is 0 Å². The third-order valence-corrected chi connectivity index (χ3v) is 5.67. The Morgan fingerprint density at radius 2 is 2.00 bits per heavy atom. The molecule has 1 aromatic carbocycles. The van der Waals surface area contributed by atoms with Gasteiger partial charge in [0.15, 0.2) is 5.78 Å². The fraction of sp³-hybridized carbons (Fsp3) is 0.474. The van der Waals surface area contributed by atoms with Gasteiger partial charge in [0, 0.05) is 35.7 Å². The molecule has 3 nitrogen and oxygen atoms in total. The first-order valence-corrected chi connectivity index (χ1v) is 8.44. The van der Waals surface area contributed by atoms with Crippen molar-refractivity contribution in [2.24, 2.45) is 5.92 Å². The molecule has 2 fully saturated rings. The van der Waals surface area contributed by atoms with Gasteiger partial charge in [-0.2, -0.15) is 0 Å². The summed E-state index contributed by atoms with van der Waals surface area (Å²) in [4.78, 5) is 19.5. The molecule has 23 heavy (non-hydrogen) atoms. The minimum absolute atomic E-state index is 0.0294. The normalized spacial score (nSPS) is 28.0. The zero-order chi connectivity index (χ0) is 16.0. The predicted molar refractivity (Wildman–Crippen MR) is 87.9 cm³/mol. The van der Waals surface area contributed by atoms with Crippen LogP contribution in [-0.2, 0) is 0 Å². The maximum absolute atomic E-state index is 14.4. The molecule has 0 spiro atoms. The van der Waals surface area contributed by atoms with Crippen LogP contribution in [-0.4, -0.2) is 34.8 Å². The Labute approximate surface area is 135 Å². The van der Waals surface area contributed by atoms with Crippen LogP contribution in [0.1, 0.15) is 42.5 Å². The highest BCUT2D eigenvalue weighted by Crippen LogP contribution is 2.37. The summed E-state index contributed by atoms with van der Waals surface area (Å²) in [5.74, 6) is -0.520. The molecule has 3 heterocycles. The van der Waals surface area contributed by atoms with Gasteiger partial charge in [-0.1, -0.05) is 12.5 Å². The number of pyridine rings is 1. The van der Waals surface area contributed by atoms with E-state index in [0.717, 1.165) is 31.1 Å². The second-order valence-corrected chi connectivity index (χ2v) is 6.96. The highest BCUT2D eigenvalue weighted by Gasteiger charge is 2.39. The molecule has 4 rings (SSSR count). The van der Waals surface area contributed by atoms with Crippen LogP contribution in [0.15, 0.2) is 30.5 Å². The molecule has 120 valence electrons. The van der Waals surface area contributed by atoms with Gasteiger partial charge in [-0.05, 0) is 44.9 Å². The third kappa shape index (κ3) is 2.55. The van der Waals surface area contributed by atoms with Crippen LogP contribution in [0.25, 0.3) is 10.9 Å². The van der Waals surface area contributed by atoms with Crippen molar-refractivity contribution in [2.45, 2.75) is 44.2 Å². The van der Waals surface area contributed by atoms with E-state index in [1.165, 1.54) is 12.5 Å². The van der Waals surface area contributed by atoms with Gasteiger partial charge in [0.2, 0.25) is 0 Å². The first-order chi connectivity index (χ1) is 11.1. The average Bonchev–Trinajstić information content (AvgIpc) is 2.53. The number of carbonyl (C=O) groups excluding carboxylic acids is 1. The average molecular weight is 312 g/mol. The van der Waals surface area contributed by atoms with Crippen molar-refractivity contribution in [1.82, 2.24) is 9.88 Å². The van der Waals surface area contributed by atoms with Gasteiger partial charge in [0.1, 0.15) is 5.82 Å². The van der Waals surface area contributed by atoms with E-state index in [0.29, 0.717) is 17.6 Å². The number of Topliss-reactive ketones (excluding diaryl/α,β-unsaturated/α-hetero) is 1. The monoisotopic (exact) mass is 312 g/mol. The minimum atomic E-state index is -0.440. The van der Waals surface area contributed by atoms with Gasteiger partial charge in [0.05, 0.1) is 11.1 Å². The number of carbonyl (C=O) groups is 1. The van der Waals surface area contributed by atoms with Crippen molar-refractivity contribution < 1.29 is 9.18 Å². The van der Waals surface area contributed by atoms with Crippen LogP contribution in [0, 0.1) is 11.7 Å². The number of hydrogen-bond donors (Lipinski definition) is 0. The van der Waals surface area contributed by atoms with Crippen molar-refractivity contribution >= 4 is 16.7 Å². The number of halogens is 1. The summed E-state index contributed by atoms with van der Waals surface area (Å²) in [6.07, 6.45) is 6.91. The first-order valence-electron chi connectivity index (χ1n) is 8.44. The Morgan fingerprint density at radius 3 is 2.74 bits per heavy atom. The largest absolute Gasteiger partial charge is 0.300 e. The van der Waals surface area contributed by atoms with E-state index in [1.54, 1.807) is 12.3 Å². The molecule has 2 aromatic rings. The second kappa shape index (κ2) is 5.68. The summed E-state index contributed by atoms with van der Waals surface area (Å²) in [7, 11) is 2.16. The van der Waals surface area contributed by atoms with Crippen LogP contribution < -0.4 is 0 Å². The van der Waals surface area contributed by atoms with Crippen molar-refractivity contribution in [1.29, 1.82) is 0 Å². The lowest BCUT2D eigenvalue weighted by atomic mass is 9.76. The highest BCUT2D eigenvalue weighted by molar-refractivity contribution is 6.01. The van der Waals surface area contributed by atoms with Crippen molar-refractivity contribution in [3.63, 3.8) is 0 Å². The van der Waals surface area contributed by atoms with Gasteiger partial charge in [-0.3, -0.25) is 9.78 Å². The molecule has 2 saturated heterocycles. The second-order valence-electron chi connectivity index (χ2n) is 6.96. The maximum atomic E-state index is 14.4. The number of ketones is 1. The Bertz CT molecular complexity index is 746. The molecule has 0 radical (unpaired) electrons. The molecule has 2 aliphatic heterocycles. The quantitative estimate of drug-likeness (QED) is 0.790. The number of aromatic nitrogens is 1. The van der Waals surface area contributed by atoms with Crippen molar-refractivity contribution in [3.05, 3.63) is 41.8 Å². The molecule has 2 atom stereocenters. The first kappa shape index (κ1) is 14.8. The van der Waals surface area contributed by atoms with E-state index < -0.39 is 5.82 Å². The molecule has 1 aromatic heterocycles. The molecule has 0 N–H and O–H groups in total. The SMILES string of the molecule is CN1C2CCCC1CC(C(=O)c1cc3cccnc3cc1F)C2. The lowest BCUT2D eigenvalue weighted by Gasteiger charge is -2.46. The molecule has 4 heteroatoms. The third-order valence-electron chi connectivity index (χ3n) is 5.67. The number of piperidine rings is 2. The van der Waals surface area contributed by atoms with E-state index in [9.17, 15) is 9.18 Å². The molecule has 2 bridgehead atoms. The van der Waals surface area contributed by atoms with Gasteiger partial charge >= 0.3 is 0 Å². The molecular weight excluding hydrogens is 291 g/mol. The number of rotatable bonds is 2. The summed E-state index contributed by atoms with van der Waals surface area (Å²) in [5, 5.41) is 0.824. The minimum Gasteiger partial charge on any atom is -0.300 e. The summed E-state index contributed by atoms with van der Waals surface area (Å²) in [6, 6.07) is 7.70. The number of fused-ring (bicyclic) bond motifs is 3. The van der Waals surface area contributed by atoms with Crippen molar-refractivity contribution in [3.8, 4) is 0 Å². The van der Waals surface area contributed by atoms with Gasteiger partial charge in [-0.25, -0.2) is 4.39 Å². The Hall–Kier alpha value is -1.81. The fourth-order valence-corrected chi connectivity index (χ4v) is 4.33. The zero-order valence-corrected chi connectivity index (χ0v) is 13.3. The predicted octanol–water partition coefficient (Wildman–Crippen LogP) is 3.82. The fourth-order valence-electron chi connectivity index (χ4n) is 4.33. The van der Waals surface area contributed by atoms with Crippen LogP contribution >= 0.6 is 0 Å². The van der Waals surface area contributed by atoms with E-state index in [4.69, 9.17) is 0 Å². The lowest BCUT2D eigenvalue weighted by molar-refractivity contribution is 0.0337. The van der Waals surface area contributed by atoms with Crippen molar-refractivity contribution in [2.75, 3.05) is 7.05 Å². The molecular formula is C19H21FN2O. The molecule has 0 aliphatic carbocycles. The standard InChI is InChI=1S/C19H21FN2O/c1-22-14-5-2-6-15(22)9-13(8-14)19(23)16-10-12-4-3-7-21-18(12)11-17(16)20/h3-4,7,10-11,13-15H,2,5-6,8-9H2,1H3. The molecule has 2 aliphatic rings. The maximum Gasteiger partial charge on any atom is 0.169 e. The summed E-state index contributed by atoms with van der Waals surface area (Å²) in [5.41, 5.74) is 0.833. The van der Waals surface area contributed by atoms with E-state index in [-0.39, 0.29) is 17.3 Å². The number of nitrogens with zero attached hydrogens (tertiary/aromatic N) is 2. The number of hydrogen-bond acceptors (Lipinski definition) is 3. The van der Waals surface area contributed by atoms with Crippen LogP contribution in [0.4, 0.5) is 4.39 Å². The number of benzene rings is 1. The molecule has 0 amide bonds. The van der Waals surface area contributed by atoms with E-state index >= 15 is 0 Å². The summed E-state index contributed by atoms with van der Waals surface area (Å²) >= 11 is 0.